The number of hydrogen-bond acceptors (Lipinski definition) is 3. The van der Waals surface area contributed by atoms with Gasteiger partial charge in [0, 0.05) is 38.3 Å². The Morgan fingerprint density at radius 2 is 1.75 bits per heavy atom. The molecule has 0 aliphatic carbocycles. The van der Waals surface area contributed by atoms with Crippen LogP contribution >= 0.6 is 0 Å². The highest BCUT2D eigenvalue weighted by molar-refractivity contribution is 5.95. The maximum absolute atomic E-state index is 12.7. The molecule has 1 aromatic rings. The zero-order chi connectivity index (χ0) is 13.8. The Morgan fingerprint density at radius 3 is 2.50 bits per heavy atom. The van der Waals surface area contributed by atoms with Crippen LogP contribution in [-0.4, -0.2) is 55.0 Å². The fourth-order valence-electron chi connectivity index (χ4n) is 3.09. The molecule has 0 atom stereocenters. The van der Waals surface area contributed by atoms with Crippen molar-refractivity contribution in [3.63, 3.8) is 0 Å². The zero-order valence-electron chi connectivity index (χ0n) is 12.0. The molecular weight excluding hydrogens is 250 g/mol. The first kappa shape index (κ1) is 13.6. The minimum atomic E-state index is 0.196. The minimum absolute atomic E-state index is 0.196. The number of nitrogens with one attached hydrogen (secondary N) is 1. The molecule has 0 unspecified atom stereocenters. The first-order chi connectivity index (χ1) is 9.84. The Bertz CT molecular complexity index is 463. The Morgan fingerprint density at radius 1 is 1.05 bits per heavy atom. The van der Waals surface area contributed by atoms with Crippen molar-refractivity contribution in [2.24, 2.45) is 0 Å². The Kier molecular flexibility index (Phi) is 4.33. The van der Waals surface area contributed by atoms with Crippen molar-refractivity contribution in [3.05, 3.63) is 35.4 Å². The van der Waals surface area contributed by atoms with Crippen LogP contribution in [0.2, 0.25) is 0 Å². The molecule has 1 N–H and O–H groups in total. The highest BCUT2D eigenvalue weighted by atomic mass is 16.2. The molecular formula is C16H23N3O. The topological polar surface area (TPSA) is 35.6 Å². The summed E-state index contributed by atoms with van der Waals surface area (Å²) in [4.78, 5) is 17.1. The van der Waals surface area contributed by atoms with Crippen LogP contribution in [0.3, 0.4) is 0 Å². The highest BCUT2D eigenvalue weighted by Crippen LogP contribution is 2.17. The second-order valence-corrected chi connectivity index (χ2v) is 5.68. The molecule has 2 fully saturated rings. The third kappa shape index (κ3) is 3.02. The molecule has 108 valence electrons. The van der Waals surface area contributed by atoms with E-state index in [4.69, 9.17) is 0 Å². The van der Waals surface area contributed by atoms with E-state index in [-0.39, 0.29) is 5.91 Å². The molecule has 0 spiro atoms. The predicted molar refractivity (Wildman–Crippen MR) is 79.7 cm³/mol. The number of hydrogen-bond donors (Lipinski definition) is 1. The van der Waals surface area contributed by atoms with E-state index in [2.05, 4.69) is 16.3 Å². The smallest absolute Gasteiger partial charge is 0.254 e. The van der Waals surface area contributed by atoms with Gasteiger partial charge in [0.05, 0.1) is 0 Å². The monoisotopic (exact) mass is 273 g/mol. The van der Waals surface area contributed by atoms with Gasteiger partial charge in [0.25, 0.3) is 5.91 Å². The molecule has 2 heterocycles. The second kappa shape index (κ2) is 6.37. The summed E-state index contributed by atoms with van der Waals surface area (Å²) in [6.07, 6.45) is 2.57. The van der Waals surface area contributed by atoms with E-state index in [1.54, 1.807) is 0 Å². The summed E-state index contributed by atoms with van der Waals surface area (Å²) in [6.45, 7) is 6.67. The van der Waals surface area contributed by atoms with Crippen LogP contribution in [0.5, 0.6) is 0 Å². The number of piperazine rings is 1. The number of nitrogens with zero attached hydrogens (tertiary/aromatic N) is 2. The molecule has 0 bridgehead atoms. The minimum Gasteiger partial charge on any atom is -0.336 e. The van der Waals surface area contributed by atoms with Crippen LogP contribution in [0, 0.1) is 0 Å². The SMILES string of the molecule is O=C(c1ccccc1CN1CCCC1)N1CCNCC1. The van der Waals surface area contributed by atoms with Crippen molar-refractivity contribution in [3.8, 4) is 0 Å². The van der Waals surface area contributed by atoms with Crippen LogP contribution in [0.25, 0.3) is 0 Å². The quantitative estimate of drug-likeness (QED) is 0.902. The maximum Gasteiger partial charge on any atom is 0.254 e. The average molecular weight is 273 g/mol. The Balaban J connectivity index is 1.75. The second-order valence-electron chi connectivity index (χ2n) is 5.68. The summed E-state index contributed by atoms with van der Waals surface area (Å²) in [5.41, 5.74) is 2.07. The van der Waals surface area contributed by atoms with E-state index in [1.807, 2.05) is 23.1 Å². The normalized spacial score (nSPS) is 20.3. The van der Waals surface area contributed by atoms with Crippen molar-refractivity contribution in [1.29, 1.82) is 0 Å². The van der Waals surface area contributed by atoms with Gasteiger partial charge in [-0.2, -0.15) is 0 Å². The van der Waals surface area contributed by atoms with Crippen molar-refractivity contribution >= 4 is 5.91 Å². The van der Waals surface area contributed by atoms with Crippen molar-refractivity contribution < 1.29 is 4.79 Å². The van der Waals surface area contributed by atoms with Crippen LogP contribution in [0.1, 0.15) is 28.8 Å². The molecule has 1 amide bonds. The van der Waals surface area contributed by atoms with E-state index in [9.17, 15) is 4.79 Å². The third-order valence-electron chi connectivity index (χ3n) is 4.24. The largest absolute Gasteiger partial charge is 0.336 e. The fourth-order valence-corrected chi connectivity index (χ4v) is 3.09. The van der Waals surface area contributed by atoms with Gasteiger partial charge in [0.2, 0.25) is 0 Å². The molecule has 2 aliphatic heterocycles. The molecule has 2 saturated heterocycles. The summed E-state index contributed by atoms with van der Waals surface area (Å²) in [6, 6.07) is 8.10. The van der Waals surface area contributed by atoms with Gasteiger partial charge in [-0.05, 0) is 37.6 Å². The number of likely N-dealkylation sites (tertiary alicyclic amines) is 1. The number of carbonyl (C=O) groups is 1. The van der Waals surface area contributed by atoms with Crippen molar-refractivity contribution in [1.82, 2.24) is 15.1 Å². The Labute approximate surface area is 120 Å². The zero-order valence-corrected chi connectivity index (χ0v) is 12.0. The van der Waals surface area contributed by atoms with Gasteiger partial charge in [-0.3, -0.25) is 9.69 Å². The lowest BCUT2D eigenvalue weighted by atomic mass is 10.1. The lowest BCUT2D eigenvalue weighted by Gasteiger charge is -2.28. The average Bonchev–Trinajstić information content (AvgIpc) is 3.01. The molecule has 4 nitrogen and oxygen atoms in total. The van der Waals surface area contributed by atoms with Gasteiger partial charge in [-0.1, -0.05) is 18.2 Å². The lowest BCUT2D eigenvalue weighted by molar-refractivity contribution is 0.0733. The van der Waals surface area contributed by atoms with Crippen LogP contribution in [-0.2, 0) is 6.54 Å². The van der Waals surface area contributed by atoms with Crippen LogP contribution < -0.4 is 5.32 Å². The molecule has 3 rings (SSSR count). The van der Waals surface area contributed by atoms with E-state index in [0.717, 1.165) is 51.4 Å². The molecule has 1 aromatic carbocycles. The molecule has 20 heavy (non-hydrogen) atoms. The molecule has 0 radical (unpaired) electrons. The maximum atomic E-state index is 12.7. The standard InChI is InChI=1S/C16H23N3O/c20-16(19-11-7-17-8-12-19)15-6-2-1-5-14(15)13-18-9-3-4-10-18/h1-2,5-6,17H,3-4,7-13H2. The van der Waals surface area contributed by atoms with Crippen molar-refractivity contribution in [2.45, 2.75) is 19.4 Å². The highest BCUT2D eigenvalue weighted by Gasteiger charge is 2.21. The number of carbonyl (C=O) groups excluding carboxylic acids is 1. The summed E-state index contributed by atoms with van der Waals surface area (Å²) in [5.74, 6) is 0.196. The number of amides is 1. The number of benzene rings is 1. The molecule has 0 aromatic heterocycles. The van der Waals surface area contributed by atoms with Crippen LogP contribution in [0.15, 0.2) is 24.3 Å². The number of rotatable bonds is 3. The van der Waals surface area contributed by atoms with Gasteiger partial charge < -0.3 is 10.2 Å². The van der Waals surface area contributed by atoms with E-state index >= 15 is 0 Å². The molecule has 4 heteroatoms. The molecule has 0 saturated carbocycles. The summed E-state index contributed by atoms with van der Waals surface area (Å²) >= 11 is 0. The first-order valence-corrected chi connectivity index (χ1v) is 7.65. The van der Waals surface area contributed by atoms with Gasteiger partial charge in [-0.15, -0.1) is 0 Å². The van der Waals surface area contributed by atoms with Gasteiger partial charge in [-0.25, -0.2) is 0 Å². The van der Waals surface area contributed by atoms with E-state index in [0.29, 0.717) is 0 Å². The van der Waals surface area contributed by atoms with E-state index < -0.39 is 0 Å². The summed E-state index contributed by atoms with van der Waals surface area (Å²) in [7, 11) is 0. The van der Waals surface area contributed by atoms with E-state index in [1.165, 1.54) is 18.4 Å². The Hall–Kier alpha value is -1.39. The first-order valence-electron chi connectivity index (χ1n) is 7.65. The summed E-state index contributed by atoms with van der Waals surface area (Å²) < 4.78 is 0. The van der Waals surface area contributed by atoms with Crippen molar-refractivity contribution in [2.75, 3.05) is 39.3 Å². The van der Waals surface area contributed by atoms with Gasteiger partial charge in [0.15, 0.2) is 0 Å². The fraction of sp³-hybridized carbons (Fsp3) is 0.562. The third-order valence-corrected chi connectivity index (χ3v) is 4.24. The lowest BCUT2D eigenvalue weighted by Crippen LogP contribution is -2.46. The predicted octanol–water partition coefficient (Wildman–Crippen LogP) is 1.33. The molecule has 2 aliphatic rings. The van der Waals surface area contributed by atoms with Gasteiger partial charge in [0.1, 0.15) is 0 Å². The van der Waals surface area contributed by atoms with Gasteiger partial charge >= 0.3 is 0 Å². The summed E-state index contributed by atoms with van der Waals surface area (Å²) in [5, 5.41) is 3.29. The van der Waals surface area contributed by atoms with Crippen LogP contribution in [0.4, 0.5) is 0 Å².